The second-order valence-corrected chi connectivity index (χ2v) is 4.54. The summed E-state index contributed by atoms with van der Waals surface area (Å²) >= 11 is 0. The van der Waals surface area contributed by atoms with Crippen LogP contribution in [-0.2, 0) is 6.18 Å². The number of hydrogen-bond donors (Lipinski definition) is 0. The number of halogens is 5. The van der Waals surface area contributed by atoms with Crippen LogP contribution in [0.2, 0.25) is 0 Å². The van der Waals surface area contributed by atoms with Crippen LogP contribution in [-0.4, -0.2) is 11.6 Å². The molecule has 1 aromatic heterocycles. The Morgan fingerprint density at radius 3 is 2.26 bits per heavy atom. The Balaban J connectivity index is 2.24. The van der Waals surface area contributed by atoms with E-state index in [1.54, 1.807) is 6.92 Å². The van der Waals surface area contributed by atoms with Gasteiger partial charge in [-0.25, -0.2) is 0 Å². The van der Waals surface area contributed by atoms with Crippen LogP contribution in [0.5, 0.6) is 5.75 Å². The first-order chi connectivity index (χ1) is 10.8. The van der Waals surface area contributed by atoms with Gasteiger partial charge < -0.3 is 4.74 Å². The fraction of sp³-hybridized carbons (Fsp3) is 0.188. The molecule has 0 aliphatic heterocycles. The Hall–Kier alpha value is -2.62. The van der Waals surface area contributed by atoms with Gasteiger partial charge in [0.05, 0.1) is 0 Å². The Kier molecular flexibility index (Phi) is 4.84. The molecular formula is C16H10F5NO. The maximum atomic E-state index is 12.5. The summed E-state index contributed by atoms with van der Waals surface area (Å²) in [5.74, 6) is 5.28. The molecule has 2 rings (SSSR count). The van der Waals surface area contributed by atoms with Crippen molar-refractivity contribution in [2.24, 2.45) is 0 Å². The molecule has 0 saturated heterocycles. The van der Waals surface area contributed by atoms with Crippen molar-refractivity contribution in [3.8, 4) is 17.6 Å². The zero-order chi connectivity index (χ0) is 17.0. The van der Waals surface area contributed by atoms with Gasteiger partial charge in [-0.3, -0.25) is 4.98 Å². The van der Waals surface area contributed by atoms with Gasteiger partial charge >= 0.3 is 12.8 Å². The van der Waals surface area contributed by atoms with Crippen molar-refractivity contribution in [1.29, 1.82) is 0 Å². The predicted molar refractivity (Wildman–Crippen MR) is 73.0 cm³/mol. The van der Waals surface area contributed by atoms with E-state index in [2.05, 4.69) is 21.6 Å². The van der Waals surface area contributed by atoms with Crippen molar-refractivity contribution >= 4 is 0 Å². The van der Waals surface area contributed by atoms with Gasteiger partial charge in [0, 0.05) is 17.3 Å². The predicted octanol–water partition coefficient (Wildman–Crippen LogP) is 4.41. The monoisotopic (exact) mass is 327 g/mol. The van der Waals surface area contributed by atoms with Gasteiger partial charge in [-0.1, -0.05) is 11.8 Å². The molecule has 0 aliphatic carbocycles. The number of nitrogens with zero attached hydrogens (tertiary/aromatic N) is 1. The Bertz CT molecular complexity index is 759. The van der Waals surface area contributed by atoms with Crippen molar-refractivity contribution in [3.05, 3.63) is 58.9 Å². The Morgan fingerprint density at radius 1 is 1.04 bits per heavy atom. The van der Waals surface area contributed by atoms with Crippen molar-refractivity contribution in [2.75, 3.05) is 0 Å². The number of rotatable bonds is 2. The summed E-state index contributed by atoms with van der Waals surface area (Å²) in [7, 11) is 0. The fourth-order valence-corrected chi connectivity index (χ4v) is 1.76. The SMILES string of the molecule is Cc1cc(C#Cc2ccnc(C(F)(F)F)c2)ccc1OC(F)F. The first kappa shape index (κ1) is 16.7. The van der Waals surface area contributed by atoms with Gasteiger partial charge in [-0.2, -0.15) is 22.0 Å². The van der Waals surface area contributed by atoms with Crippen LogP contribution in [0.25, 0.3) is 0 Å². The van der Waals surface area contributed by atoms with E-state index in [0.29, 0.717) is 11.1 Å². The second-order valence-electron chi connectivity index (χ2n) is 4.54. The third-order valence-corrected chi connectivity index (χ3v) is 2.79. The van der Waals surface area contributed by atoms with Gasteiger partial charge in [0.1, 0.15) is 11.4 Å². The number of hydrogen-bond acceptors (Lipinski definition) is 2. The van der Waals surface area contributed by atoms with Crippen LogP contribution in [0.1, 0.15) is 22.4 Å². The maximum Gasteiger partial charge on any atom is 0.433 e. The van der Waals surface area contributed by atoms with E-state index in [4.69, 9.17) is 0 Å². The highest BCUT2D eigenvalue weighted by Crippen LogP contribution is 2.27. The molecule has 1 aromatic carbocycles. The van der Waals surface area contributed by atoms with Crippen molar-refractivity contribution in [1.82, 2.24) is 4.98 Å². The van der Waals surface area contributed by atoms with Crippen LogP contribution < -0.4 is 4.74 Å². The molecule has 1 heterocycles. The first-order valence-corrected chi connectivity index (χ1v) is 6.36. The molecule has 0 N–H and O–H groups in total. The summed E-state index contributed by atoms with van der Waals surface area (Å²) in [6.45, 7) is -1.36. The average molecular weight is 327 g/mol. The van der Waals surface area contributed by atoms with Crippen molar-refractivity contribution in [3.63, 3.8) is 0 Å². The quantitative estimate of drug-likeness (QED) is 0.602. The van der Waals surface area contributed by atoms with E-state index >= 15 is 0 Å². The lowest BCUT2D eigenvalue weighted by atomic mass is 10.1. The summed E-state index contributed by atoms with van der Waals surface area (Å²) in [6, 6.07) is 6.48. The number of alkyl halides is 5. The van der Waals surface area contributed by atoms with Gasteiger partial charge in [0.25, 0.3) is 0 Å². The maximum absolute atomic E-state index is 12.5. The van der Waals surface area contributed by atoms with Crippen molar-refractivity contribution < 1.29 is 26.7 Å². The van der Waals surface area contributed by atoms with Gasteiger partial charge in [-0.05, 0) is 42.8 Å². The van der Waals surface area contributed by atoms with Crippen LogP contribution in [0.15, 0.2) is 36.5 Å². The van der Waals surface area contributed by atoms with E-state index in [-0.39, 0.29) is 11.3 Å². The molecule has 120 valence electrons. The lowest BCUT2D eigenvalue weighted by molar-refractivity contribution is -0.141. The second kappa shape index (κ2) is 6.65. The molecule has 23 heavy (non-hydrogen) atoms. The van der Waals surface area contributed by atoms with Crippen molar-refractivity contribution in [2.45, 2.75) is 19.7 Å². The van der Waals surface area contributed by atoms with Crippen LogP contribution in [0.4, 0.5) is 22.0 Å². The molecule has 0 radical (unpaired) electrons. The summed E-state index contributed by atoms with van der Waals surface area (Å²) in [5.41, 5.74) is 0.0383. The number of ether oxygens (including phenoxy) is 1. The summed E-state index contributed by atoms with van der Waals surface area (Å²) in [6.07, 6.45) is -3.51. The first-order valence-electron chi connectivity index (χ1n) is 6.36. The lowest BCUT2D eigenvalue weighted by Crippen LogP contribution is -2.07. The normalized spacial score (nSPS) is 11.1. The van der Waals surface area contributed by atoms with E-state index in [9.17, 15) is 22.0 Å². The minimum Gasteiger partial charge on any atom is -0.435 e. The third kappa shape index (κ3) is 4.68. The number of benzene rings is 1. The summed E-state index contributed by atoms with van der Waals surface area (Å²) in [4.78, 5) is 3.24. The summed E-state index contributed by atoms with van der Waals surface area (Å²) in [5, 5.41) is 0. The standard InChI is InChI=1S/C16H10F5NO/c1-10-8-11(4-5-13(10)23-15(17)18)2-3-12-6-7-22-14(9-12)16(19,20)21/h4-9,15H,1H3. The molecular weight excluding hydrogens is 317 g/mol. The molecule has 0 fully saturated rings. The molecule has 7 heteroatoms. The molecule has 2 nitrogen and oxygen atoms in total. The van der Waals surface area contributed by atoms with E-state index in [1.807, 2.05) is 0 Å². The Morgan fingerprint density at radius 2 is 1.70 bits per heavy atom. The highest BCUT2D eigenvalue weighted by atomic mass is 19.4. The highest BCUT2D eigenvalue weighted by Gasteiger charge is 2.32. The molecule has 0 bridgehead atoms. The molecule has 2 aromatic rings. The average Bonchev–Trinajstić information content (AvgIpc) is 2.47. The number of aromatic nitrogens is 1. The topological polar surface area (TPSA) is 22.1 Å². The van der Waals surface area contributed by atoms with Crippen LogP contribution in [0.3, 0.4) is 0 Å². The summed E-state index contributed by atoms with van der Waals surface area (Å²) < 4.78 is 66.3. The molecule has 0 unspecified atom stereocenters. The van der Waals surface area contributed by atoms with E-state index in [0.717, 1.165) is 12.3 Å². The largest absolute Gasteiger partial charge is 0.435 e. The van der Waals surface area contributed by atoms with E-state index in [1.165, 1.54) is 24.3 Å². The van der Waals surface area contributed by atoms with Gasteiger partial charge in [-0.15, -0.1) is 0 Å². The minimum atomic E-state index is -4.54. The number of aryl methyl sites for hydroxylation is 1. The van der Waals surface area contributed by atoms with Crippen LogP contribution in [0, 0.1) is 18.8 Å². The molecule has 0 saturated carbocycles. The fourth-order valence-electron chi connectivity index (χ4n) is 1.76. The molecule has 0 spiro atoms. The smallest absolute Gasteiger partial charge is 0.433 e. The van der Waals surface area contributed by atoms with Crippen LogP contribution >= 0.6 is 0 Å². The van der Waals surface area contributed by atoms with Gasteiger partial charge in [0.2, 0.25) is 0 Å². The molecule has 0 amide bonds. The molecule has 0 aliphatic rings. The Labute approximate surface area is 128 Å². The zero-order valence-electron chi connectivity index (χ0n) is 11.8. The minimum absolute atomic E-state index is 0.0221. The van der Waals surface area contributed by atoms with Gasteiger partial charge in [0.15, 0.2) is 0 Å². The third-order valence-electron chi connectivity index (χ3n) is 2.79. The zero-order valence-corrected chi connectivity index (χ0v) is 11.8. The van der Waals surface area contributed by atoms with E-state index < -0.39 is 18.5 Å². The lowest BCUT2D eigenvalue weighted by Gasteiger charge is -2.07. The highest BCUT2D eigenvalue weighted by molar-refractivity contribution is 5.47. The molecule has 0 atom stereocenters. The number of pyridine rings is 1.